The minimum absolute atomic E-state index is 0.0337. The number of carbonyl (C=O) groups is 1. The molecule has 0 aromatic heterocycles. The molecule has 0 aromatic carbocycles. The number of hydrogen-bond donors (Lipinski definition) is 2. The second-order valence-corrected chi connectivity index (χ2v) is 5.17. The predicted octanol–water partition coefficient (Wildman–Crippen LogP) is 1.47. The van der Waals surface area contributed by atoms with E-state index in [4.69, 9.17) is 4.74 Å². The zero-order chi connectivity index (χ0) is 12.9. The summed E-state index contributed by atoms with van der Waals surface area (Å²) < 4.78 is 5.25. The lowest BCUT2D eigenvalue weighted by Gasteiger charge is -2.29. The zero-order valence-electron chi connectivity index (χ0n) is 11.2. The van der Waals surface area contributed by atoms with Crippen molar-refractivity contribution in [3.05, 3.63) is 0 Å². The van der Waals surface area contributed by atoms with E-state index >= 15 is 0 Å². The molecule has 1 aliphatic carbocycles. The van der Waals surface area contributed by atoms with Gasteiger partial charge >= 0.3 is 0 Å². The Labute approximate surface area is 104 Å². The molecule has 100 valence electrons. The first-order valence-corrected chi connectivity index (χ1v) is 6.53. The molecule has 0 aromatic rings. The Kier molecular flexibility index (Phi) is 5.40. The van der Waals surface area contributed by atoms with Crippen molar-refractivity contribution in [3.63, 3.8) is 0 Å². The third-order valence-electron chi connectivity index (χ3n) is 3.97. The van der Waals surface area contributed by atoms with Gasteiger partial charge in [0.15, 0.2) is 0 Å². The molecule has 0 radical (unpaired) electrons. The van der Waals surface area contributed by atoms with Gasteiger partial charge in [0.1, 0.15) is 5.60 Å². The molecule has 1 amide bonds. The van der Waals surface area contributed by atoms with E-state index < -0.39 is 5.60 Å². The molecule has 0 saturated heterocycles. The van der Waals surface area contributed by atoms with E-state index in [0.717, 1.165) is 25.7 Å². The highest BCUT2D eigenvalue weighted by Crippen LogP contribution is 2.23. The zero-order valence-corrected chi connectivity index (χ0v) is 11.2. The molecular weight excluding hydrogens is 218 g/mol. The molecule has 0 spiro atoms. The Morgan fingerprint density at radius 1 is 1.41 bits per heavy atom. The van der Waals surface area contributed by atoms with Crippen LogP contribution < -0.4 is 5.32 Å². The molecule has 1 aliphatic rings. The summed E-state index contributed by atoms with van der Waals surface area (Å²) in [6.45, 7) is 4.46. The van der Waals surface area contributed by atoms with Crippen LogP contribution in [0.4, 0.5) is 0 Å². The van der Waals surface area contributed by atoms with Crippen LogP contribution in [0.25, 0.3) is 0 Å². The molecule has 0 aliphatic heterocycles. The van der Waals surface area contributed by atoms with Crippen LogP contribution in [-0.4, -0.2) is 36.4 Å². The van der Waals surface area contributed by atoms with Gasteiger partial charge in [0, 0.05) is 13.7 Å². The molecule has 4 nitrogen and oxygen atoms in total. The monoisotopic (exact) mass is 243 g/mol. The van der Waals surface area contributed by atoms with E-state index in [0.29, 0.717) is 18.9 Å². The standard InChI is InChI=1S/C13H25NO3/c1-4-13(2,17-3)12(16)14-9-10-5-7-11(15)8-6-10/h10-11,15H,4-9H2,1-3H3,(H,14,16). The number of hydrogen-bond acceptors (Lipinski definition) is 3. The summed E-state index contributed by atoms with van der Waals surface area (Å²) in [5.74, 6) is 0.467. The summed E-state index contributed by atoms with van der Waals surface area (Å²) in [5.41, 5.74) is -0.714. The summed E-state index contributed by atoms with van der Waals surface area (Å²) >= 11 is 0. The van der Waals surface area contributed by atoms with E-state index in [1.807, 2.05) is 13.8 Å². The second-order valence-electron chi connectivity index (χ2n) is 5.17. The van der Waals surface area contributed by atoms with Crippen LogP contribution in [0.15, 0.2) is 0 Å². The van der Waals surface area contributed by atoms with E-state index in [1.54, 1.807) is 7.11 Å². The number of rotatable bonds is 5. The summed E-state index contributed by atoms with van der Waals surface area (Å²) in [4.78, 5) is 11.9. The first-order valence-electron chi connectivity index (χ1n) is 6.53. The van der Waals surface area contributed by atoms with Gasteiger partial charge in [0.2, 0.25) is 0 Å². The van der Waals surface area contributed by atoms with Crippen LogP contribution >= 0.6 is 0 Å². The average molecular weight is 243 g/mol. The normalized spacial score (nSPS) is 28.5. The van der Waals surface area contributed by atoms with Crippen LogP contribution in [0, 0.1) is 5.92 Å². The van der Waals surface area contributed by atoms with Crippen molar-refractivity contribution in [2.45, 2.75) is 57.7 Å². The molecule has 0 bridgehead atoms. The van der Waals surface area contributed by atoms with Gasteiger partial charge in [-0.15, -0.1) is 0 Å². The molecule has 1 fully saturated rings. The van der Waals surface area contributed by atoms with Crippen molar-refractivity contribution in [2.75, 3.05) is 13.7 Å². The van der Waals surface area contributed by atoms with Crippen LogP contribution in [0.1, 0.15) is 46.0 Å². The highest BCUT2D eigenvalue weighted by atomic mass is 16.5. The largest absolute Gasteiger partial charge is 0.393 e. The second kappa shape index (κ2) is 6.36. The summed E-state index contributed by atoms with van der Waals surface area (Å²) in [5, 5.41) is 12.4. The fraction of sp³-hybridized carbons (Fsp3) is 0.923. The van der Waals surface area contributed by atoms with Gasteiger partial charge in [0.05, 0.1) is 6.10 Å². The minimum atomic E-state index is -0.714. The third-order valence-corrected chi connectivity index (χ3v) is 3.97. The molecule has 4 heteroatoms. The van der Waals surface area contributed by atoms with Gasteiger partial charge < -0.3 is 15.2 Å². The van der Waals surface area contributed by atoms with Gasteiger partial charge in [-0.05, 0) is 44.9 Å². The molecule has 1 atom stereocenters. The van der Waals surface area contributed by atoms with Crippen LogP contribution in [0.3, 0.4) is 0 Å². The Morgan fingerprint density at radius 2 is 2.00 bits per heavy atom. The minimum Gasteiger partial charge on any atom is -0.393 e. The fourth-order valence-corrected chi connectivity index (χ4v) is 2.17. The number of nitrogens with one attached hydrogen (secondary N) is 1. The van der Waals surface area contributed by atoms with Gasteiger partial charge in [-0.3, -0.25) is 4.79 Å². The highest BCUT2D eigenvalue weighted by Gasteiger charge is 2.31. The smallest absolute Gasteiger partial charge is 0.251 e. The first kappa shape index (κ1) is 14.5. The molecule has 2 N–H and O–H groups in total. The van der Waals surface area contributed by atoms with Crippen molar-refractivity contribution in [1.29, 1.82) is 0 Å². The SMILES string of the molecule is CCC(C)(OC)C(=O)NCC1CCC(O)CC1. The number of methoxy groups -OCH3 is 1. The van der Waals surface area contributed by atoms with Gasteiger partial charge in [0.25, 0.3) is 5.91 Å². The van der Waals surface area contributed by atoms with Crippen molar-refractivity contribution >= 4 is 5.91 Å². The van der Waals surface area contributed by atoms with Crippen LogP contribution in [0.2, 0.25) is 0 Å². The fourth-order valence-electron chi connectivity index (χ4n) is 2.17. The molecule has 1 unspecified atom stereocenters. The number of amides is 1. The summed E-state index contributed by atoms with van der Waals surface area (Å²) in [6, 6.07) is 0. The average Bonchev–Trinajstić information content (AvgIpc) is 2.36. The molecule has 1 saturated carbocycles. The van der Waals surface area contributed by atoms with E-state index in [1.165, 1.54) is 0 Å². The van der Waals surface area contributed by atoms with Crippen molar-refractivity contribution in [2.24, 2.45) is 5.92 Å². The third kappa shape index (κ3) is 3.96. The van der Waals surface area contributed by atoms with Crippen molar-refractivity contribution in [1.82, 2.24) is 5.32 Å². The summed E-state index contributed by atoms with van der Waals surface area (Å²) in [6.07, 6.45) is 4.24. The van der Waals surface area contributed by atoms with Gasteiger partial charge in [-0.1, -0.05) is 6.92 Å². The van der Waals surface area contributed by atoms with Crippen LogP contribution in [0.5, 0.6) is 0 Å². The Morgan fingerprint density at radius 3 is 2.47 bits per heavy atom. The number of carbonyl (C=O) groups excluding carboxylic acids is 1. The molecule has 0 heterocycles. The highest BCUT2D eigenvalue weighted by molar-refractivity contribution is 5.84. The quantitative estimate of drug-likeness (QED) is 0.768. The number of aliphatic hydroxyl groups excluding tert-OH is 1. The van der Waals surface area contributed by atoms with Crippen LogP contribution in [-0.2, 0) is 9.53 Å². The maximum absolute atomic E-state index is 11.9. The Balaban J connectivity index is 2.33. The van der Waals surface area contributed by atoms with E-state index in [2.05, 4.69) is 5.32 Å². The Hall–Kier alpha value is -0.610. The molecular formula is C13H25NO3. The first-order chi connectivity index (χ1) is 8.01. The maximum Gasteiger partial charge on any atom is 0.251 e. The van der Waals surface area contributed by atoms with Gasteiger partial charge in [-0.25, -0.2) is 0 Å². The lowest BCUT2D eigenvalue weighted by atomic mass is 9.87. The molecule has 1 rings (SSSR count). The maximum atomic E-state index is 11.9. The number of ether oxygens (including phenoxy) is 1. The topological polar surface area (TPSA) is 58.6 Å². The lowest BCUT2D eigenvalue weighted by molar-refractivity contribution is -0.142. The Bertz CT molecular complexity index is 243. The molecule has 17 heavy (non-hydrogen) atoms. The summed E-state index contributed by atoms with van der Waals surface area (Å²) in [7, 11) is 1.57. The number of aliphatic hydroxyl groups is 1. The van der Waals surface area contributed by atoms with E-state index in [-0.39, 0.29) is 12.0 Å². The lowest BCUT2D eigenvalue weighted by Crippen LogP contribution is -2.47. The van der Waals surface area contributed by atoms with Gasteiger partial charge in [-0.2, -0.15) is 0 Å². The van der Waals surface area contributed by atoms with Crippen molar-refractivity contribution < 1.29 is 14.6 Å². The van der Waals surface area contributed by atoms with Crippen molar-refractivity contribution in [3.8, 4) is 0 Å². The predicted molar refractivity (Wildman–Crippen MR) is 66.7 cm³/mol. The van der Waals surface area contributed by atoms with E-state index in [9.17, 15) is 9.90 Å².